The van der Waals surface area contributed by atoms with Crippen LogP contribution in [0, 0.1) is 0 Å². The van der Waals surface area contributed by atoms with Gasteiger partial charge in [-0.2, -0.15) is 0 Å². The van der Waals surface area contributed by atoms with Gasteiger partial charge in [-0.05, 0) is 13.5 Å². The predicted molar refractivity (Wildman–Crippen MR) is 64.4 cm³/mol. The number of likely N-dealkylation sites (N-methyl/N-ethyl adjacent to an activating group) is 1. The molecule has 0 aromatic rings. The minimum atomic E-state index is 0.774. The number of hydrogen-bond donors (Lipinski definition) is 1. The Balaban J connectivity index is 1.84. The van der Waals surface area contributed by atoms with Crippen LogP contribution >= 0.6 is 0 Å². The number of ether oxygens (including phenoxy) is 2. The van der Waals surface area contributed by atoms with Crippen LogP contribution in [-0.2, 0) is 9.47 Å². The van der Waals surface area contributed by atoms with Gasteiger partial charge in [0.05, 0.1) is 6.61 Å². The molecule has 0 atom stereocenters. The Hall–Kier alpha value is -0.200. The van der Waals surface area contributed by atoms with E-state index >= 15 is 0 Å². The lowest BCUT2D eigenvalue weighted by molar-refractivity contribution is 0.0684. The van der Waals surface area contributed by atoms with Crippen molar-refractivity contribution >= 4 is 0 Å². The van der Waals surface area contributed by atoms with Crippen LogP contribution < -0.4 is 5.43 Å². The Morgan fingerprint density at radius 2 is 1.81 bits per heavy atom. The van der Waals surface area contributed by atoms with E-state index in [4.69, 9.17) is 9.47 Å². The third-order valence-electron chi connectivity index (χ3n) is 2.72. The largest absolute Gasteiger partial charge is 0.385 e. The van der Waals surface area contributed by atoms with E-state index in [1.165, 1.54) is 0 Å². The van der Waals surface area contributed by atoms with Gasteiger partial charge in [-0.15, -0.1) is 0 Å². The molecule has 1 rings (SSSR count). The lowest BCUT2D eigenvalue weighted by atomic mass is 10.4. The molecule has 5 nitrogen and oxygen atoms in total. The van der Waals surface area contributed by atoms with E-state index in [1.54, 1.807) is 7.11 Å². The van der Waals surface area contributed by atoms with E-state index in [2.05, 4.69) is 22.4 Å². The second kappa shape index (κ2) is 8.90. The first kappa shape index (κ1) is 13.9. The molecule has 5 heteroatoms. The maximum absolute atomic E-state index is 5.47. The summed E-state index contributed by atoms with van der Waals surface area (Å²) in [6, 6.07) is 0. The summed E-state index contributed by atoms with van der Waals surface area (Å²) in [6.07, 6.45) is 0.977. The van der Waals surface area contributed by atoms with Gasteiger partial charge in [-0.3, -0.25) is 5.43 Å². The molecule has 0 aromatic heterocycles. The molecule has 0 aromatic carbocycles. The number of hydrazine groups is 1. The molecule has 0 radical (unpaired) electrons. The zero-order valence-electron chi connectivity index (χ0n) is 10.6. The number of nitrogens with zero attached hydrogens (tertiary/aromatic N) is 2. The first-order valence-corrected chi connectivity index (χ1v) is 6.06. The Morgan fingerprint density at radius 3 is 2.50 bits per heavy atom. The number of methoxy groups -OCH3 is 1. The normalized spacial score (nSPS) is 19.1. The van der Waals surface area contributed by atoms with Crippen LogP contribution in [0.3, 0.4) is 0 Å². The molecule has 0 amide bonds. The monoisotopic (exact) mass is 231 g/mol. The molecular weight excluding hydrogens is 206 g/mol. The highest BCUT2D eigenvalue weighted by Crippen LogP contribution is 1.94. The second-order valence-electron chi connectivity index (χ2n) is 4.16. The minimum Gasteiger partial charge on any atom is -0.385 e. The summed E-state index contributed by atoms with van der Waals surface area (Å²) >= 11 is 0. The second-order valence-corrected chi connectivity index (χ2v) is 4.16. The third kappa shape index (κ3) is 6.40. The van der Waals surface area contributed by atoms with Crippen molar-refractivity contribution in [1.82, 2.24) is 15.3 Å². The van der Waals surface area contributed by atoms with Crippen LogP contribution in [0.25, 0.3) is 0 Å². The SMILES string of the molecule is COCCCOCCNN1CCN(C)CC1. The summed E-state index contributed by atoms with van der Waals surface area (Å²) in [7, 11) is 3.88. The summed E-state index contributed by atoms with van der Waals surface area (Å²) in [4.78, 5) is 2.35. The van der Waals surface area contributed by atoms with Gasteiger partial charge in [0.25, 0.3) is 0 Å². The van der Waals surface area contributed by atoms with Crippen LogP contribution in [0.15, 0.2) is 0 Å². The average Bonchev–Trinajstić information content (AvgIpc) is 2.30. The molecule has 1 aliphatic rings. The predicted octanol–water partition coefficient (Wildman–Crippen LogP) is -0.208. The van der Waals surface area contributed by atoms with Gasteiger partial charge in [0.15, 0.2) is 0 Å². The highest BCUT2D eigenvalue weighted by atomic mass is 16.5. The van der Waals surface area contributed by atoms with Crippen molar-refractivity contribution in [2.24, 2.45) is 0 Å². The quantitative estimate of drug-likeness (QED) is 0.585. The highest BCUT2D eigenvalue weighted by molar-refractivity contribution is 4.65. The first-order valence-electron chi connectivity index (χ1n) is 6.06. The zero-order valence-corrected chi connectivity index (χ0v) is 10.6. The fourth-order valence-corrected chi connectivity index (χ4v) is 1.65. The Labute approximate surface area is 98.6 Å². The minimum absolute atomic E-state index is 0.774. The molecule has 0 aliphatic carbocycles. The zero-order chi connectivity index (χ0) is 11.6. The van der Waals surface area contributed by atoms with E-state index in [0.29, 0.717) is 0 Å². The van der Waals surface area contributed by atoms with Crippen LogP contribution in [0.2, 0.25) is 0 Å². The highest BCUT2D eigenvalue weighted by Gasteiger charge is 2.12. The van der Waals surface area contributed by atoms with Crippen molar-refractivity contribution in [3.63, 3.8) is 0 Å². The summed E-state index contributed by atoms with van der Waals surface area (Å²) < 4.78 is 10.4. The lowest BCUT2D eigenvalue weighted by Crippen LogP contribution is -2.51. The maximum Gasteiger partial charge on any atom is 0.0604 e. The van der Waals surface area contributed by atoms with Gasteiger partial charge < -0.3 is 14.4 Å². The molecule has 16 heavy (non-hydrogen) atoms. The lowest BCUT2D eigenvalue weighted by Gasteiger charge is -2.32. The summed E-state index contributed by atoms with van der Waals surface area (Å²) in [5.74, 6) is 0. The molecular formula is C11H25N3O2. The van der Waals surface area contributed by atoms with Crippen molar-refractivity contribution in [3.05, 3.63) is 0 Å². The van der Waals surface area contributed by atoms with Gasteiger partial charge in [0.1, 0.15) is 0 Å². The fourth-order valence-electron chi connectivity index (χ4n) is 1.65. The van der Waals surface area contributed by atoms with Gasteiger partial charge in [-0.1, -0.05) is 0 Å². The van der Waals surface area contributed by atoms with Gasteiger partial charge >= 0.3 is 0 Å². The number of rotatable bonds is 8. The molecule has 0 bridgehead atoms. The number of hydrogen-bond acceptors (Lipinski definition) is 5. The van der Waals surface area contributed by atoms with Crippen molar-refractivity contribution < 1.29 is 9.47 Å². The fraction of sp³-hybridized carbons (Fsp3) is 1.00. The topological polar surface area (TPSA) is 37.0 Å². The van der Waals surface area contributed by atoms with Crippen molar-refractivity contribution in [2.75, 3.05) is 66.7 Å². The molecule has 0 spiro atoms. The summed E-state index contributed by atoms with van der Waals surface area (Å²) in [5, 5.41) is 2.28. The van der Waals surface area contributed by atoms with Crippen molar-refractivity contribution in [3.8, 4) is 0 Å². The number of nitrogens with one attached hydrogen (secondary N) is 1. The first-order chi connectivity index (χ1) is 7.83. The molecule has 1 heterocycles. The molecule has 1 N–H and O–H groups in total. The third-order valence-corrected chi connectivity index (χ3v) is 2.72. The van der Waals surface area contributed by atoms with E-state index < -0.39 is 0 Å². The van der Waals surface area contributed by atoms with Gasteiger partial charge in [-0.25, -0.2) is 5.01 Å². The molecule has 1 aliphatic heterocycles. The number of piperazine rings is 1. The molecule has 1 saturated heterocycles. The van der Waals surface area contributed by atoms with Crippen LogP contribution in [0.5, 0.6) is 0 Å². The van der Waals surface area contributed by atoms with Crippen LogP contribution in [0.4, 0.5) is 0 Å². The van der Waals surface area contributed by atoms with Crippen molar-refractivity contribution in [1.29, 1.82) is 0 Å². The van der Waals surface area contributed by atoms with E-state index in [-0.39, 0.29) is 0 Å². The van der Waals surface area contributed by atoms with E-state index in [1.807, 2.05) is 0 Å². The molecule has 1 fully saturated rings. The molecule has 96 valence electrons. The Bertz CT molecular complexity index is 161. The van der Waals surface area contributed by atoms with E-state index in [9.17, 15) is 0 Å². The summed E-state index contributed by atoms with van der Waals surface area (Å²) in [5.41, 5.74) is 3.38. The Kier molecular flexibility index (Phi) is 7.71. The summed E-state index contributed by atoms with van der Waals surface area (Å²) in [6.45, 7) is 7.72. The average molecular weight is 231 g/mol. The van der Waals surface area contributed by atoms with Gasteiger partial charge in [0.2, 0.25) is 0 Å². The van der Waals surface area contributed by atoms with E-state index in [0.717, 1.165) is 59.0 Å². The van der Waals surface area contributed by atoms with Crippen LogP contribution in [0.1, 0.15) is 6.42 Å². The maximum atomic E-state index is 5.47. The Morgan fingerprint density at radius 1 is 1.06 bits per heavy atom. The van der Waals surface area contributed by atoms with Crippen LogP contribution in [-0.4, -0.2) is 76.6 Å². The molecule has 0 saturated carbocycles. The smallest absolute Gasteiger partial charge is 0.0604 e. The van der Waals surface area contributed by atoms with Crippen molar-refractivity contribution in [2.45, 2.75) is 6.42 Å². The molecule has 0 unspecified atom stereocenters. The standard InChI is InChI=1S/C11H25N3O2/c1-13-5-7-14(8-6-13)12-4-11-16-10-3-9-15-2/h12H,3-11H2,1-2H3. The van der Waals surface area contributed by atoms with Gasteiger partial charge in [0, 0.05) is 53.0 Å².